The summed E-state index contributed by atoms with van der Waals surface area (Å²) in [6.07, 6.45) is 1.98. The fourth-order valence-electron chi connectivity index (χ4n) is 1.66. The Bertz CT molecular complexity index is 383. The van der Waals surface area contributed by atoms with Crippen molar-refractivity contribution in [1.29, 1.82) is 0 Å². The third kappa shape index (κ3) is 3.44. The van der Waals surface area contributed by atoms with Gasteiger partial charge in [-0.3, -0.25) is 0 Å². The molecule has 0 saturated carbocycles. The van der Waals surface area contributed by atoms with Gasteiger partial charge in [0.15, 0.2) is 0 Å². The van der Waals surface area contributed by atoms with Crippen molar-refractivity contribution in [3.8, 4) is 0 Å². The van der Waals surface area contributed by atoms with Crippen molar-refractivity contribution >= 4 is 34.7 Å². The minimum Gasteiger partial charge on any atom is -0.397 e. The molecule has 0 spiro atoms. The zero-order valence-electron chi connectivity index (χ0n) is 10.3. The van der Waals surface area contributed by atoms with E-state index in [2.05, 4.69) is 5.32 Å². The Labute approximate surface area is 112 Å². The lowest BCUT2D eigenvalue weighted by molar-refractivity contribution is 0.288. The van der Waals surface area contributed by atoms with Crippen LogP contribution in [0.3, 0.4) is 0 Å². The number of aliphatic hydroxyl groups is 1. The minimum atomic E-state index is 0.120. The lowest BCUT2D eigenvalue weighted by Gasteiger charge is -2.24. The second kappa shape index (κ2) is 6.38. The fraction of sp³-hybridized carbons (Fsp3) is 0.500. The van der Waals surface area contributed by atoms with E-state index in [0.717, 1.165) is 11.3 Å². The van der Waals surface area contributed by atoms with E-state index in [9.17, 15) is 5.11 Å². The largest absolute Gasteiger partial charge is 0.397 e. The van der Waals surface area contributed by atoms with Gasteiger partial charge in [0.25, 0.3) is 0 Å². The Balaban J connectivity index is 2.91. The van der Waals surface area contributed by atoms with Crippen LogP contribution in [0.25, 0.3) is 0 Å². The molecule has 0 amide bonds. The number of aliphatic hydroxyl groups excluding tert-OH is 1. The van der Waals surface area contributed by atoms with Crippen LogP contribution >= 0.6 is 23.4 Å². The van der Waals surface area contributed by atoms with Crippen molar-refractivity contribution in [2.24, 2.45) is 0 Å². The maximum Gasteiger partial charge on any atom is 0.0621 e. The lowest BCUT2D eigenvalue weighted by atomic mass is 10.1. The predicted octanol–water partition coefficient (Wildman–Crippen LogP) is 2.75. The molecule has 0 aliphatic carbocycles. The summed E-state index contributed by atoms with van der Waals surface area (Å²) in [5.41, 5.74) is 8.41. The van der Waals surface area contributed by atoms with E-state index in [4.69, 9.17) is 17.3 Å². The van der Waals surface area contributed by atoms with Crippen molar-refractivity contribution in [2.75, 3.05) is 23.9 Å². The highest BCUT2D eigenvalue weighted by molar-refractivity contribution is 7.99. The summed E-state index contributed by atoms with van der Waals surface area (Å²) in [6.45, 7) is 4.09. The number of halogens is 1. The van der Waals surface area contributed by atoms with Crippen LogP contribution < -0.4 is 11.1 Å². The van der Waals surface area contributed by atoms with E-state index >= 15 is 0 Å². The topological polar surface area (TPSA) is 58.3 Å². The number of anilines is 2. The second-order valence-corrected chi connectivity index (χ2v) is 5.51. The van der Waals surface area contributed by atoms with Crippen LogP contribution in [0.2, 0.25) is 5.02 Å². The first kappa shape index (κ1) is 14.5. The van der Waals surface area contributed by atoms with Gasteiger partial charge in [0.2, 0.25) is 0 Å². The Morgan fingerprint density at radius 2 is 2.18 bits per heavy atom. The summed E-state index contributed by atoms with van der Waals surface area (Å²) in [5, 5.41) is 13.4. The minimum absolute atomic E-state index is 0.120. The van der Waals surface area contributed by atoms with E-state index in [1.54, 1.807) is 23.9 Å². The van der Waals surface area contributed by atoms with Gasteiger partial charge in [-0.2, -0.15) is 11.8 Å². The maximum absolute atomic E-state index is 9.25. The molecule has 3 nitrogen and oxygen atoms in total. The van der Waals surface area contributed by atoms with Gasteiger partial charge < -0.3 is 16.2 Å². The Morgan fingerprint density at radius 1 is 1.53 bits per heavy atom. The Morgan fingerprint density at radius 3 is 2.71 bits per heavy atom. The first-order valence-corrected chi connectivity index (χ1v) is 7.12. The van der Waals surface area contributed by atoms with E-state index < -0.39 is 0 Å². The molecule has 0 bridgehead atoms. The predicted molar refractivity (Wildman–Crippen MR) is 78.1 cm³/mol. The van der Waals surface area contributed by atoms with Gasteiger partial charge in [-0.05, 0) is 37.8 Å². The van der Waals surface area contributed by atoms with Gasteiger partial charge in [-0.15, -0.1) is 0 Å². The third-order valence-corrected chi connectivity index (χ3v) is 4.42. The first-order valence-electron chi connectivity index (χ1n) is 5.46. The zero-order chi connectivity index (χ0) is 13.0. The molecule has 0 heterocycles. The van der Waals surface area contributed by atoms with Gasteiger partial charge in [-0.25, -0.2) is 0 Å². The molecule has 0 aromatic heterocycles. The highest BCUT2D eigenvalue weighted by Crippen LogP contribution is 2.30. The Kier molecular flexibility index (Phi) is 5.43. The summed E-state index contributed by atoms with van der Waals surface area (Å²) >= 11 is 7.69. The molecule has 0 saturated heterocycles. The van der Waals surface area contributed by atoms with Crippen LogP contribution in [0.15, 0.2) is 12.1 Å². The summed E-state index contributed by atoms with van der Waals surface area (Å²) in [4.78, 5) is 0. The van der Waals surface area contributed by atoms with Crippen molar-refractivity contribution in [3.05, 3.63) is 22.7 Å². The first-order chi connectivity index (χ1) is 8.01. The number of hydrogen-bond donors (Lipinski definition) is 3. The number of rotatable bonds is 5. The van der Waals surface area contributed by atoms with Gasteiger partial charge in [-0.1, -0.05) is 11.6 Å². The van der Waals surface area contributed by atoms with Crippen LogP contribution in [-0.2, 0) is 0 Å². The van der Waals surface area contributed by atoms with Gasteiger partial charge in [0.1, 0.15) is 0 Å². The molecule has 0 aliphatic rings. The number of hydrogen-bond acceptors (Lipinski definition) is 4. The Hall–Kier alpha value is -0.580. The monoisotopic (exact) mass is 274 g/mol. The number of nitrogens with two attached hydrogens (primary N) is 1. The molecule has 1 rings (SSSR count). The molecule has 0 radical (unpaired) electrons. The van der Waals surface area contributed by atoms with E-state index in [1.165, 1.54) is 0 Å². The number of benzene rings is 1. The van der Waals surface area contributed by atoms with E-state index in [0.29, 0.717) is 10.7 Å². The number of nitrogens with one attached hydrogen (secondary N) is 1. The van der Waals surface area contributed by atoms with Crippen LogP contribution in [0.1, 0.15) is 12.5 Å². The average Bonchev–Trinajstić information content (AvgIpc) is 2.31. The molecule has 96 valence electrons. The molecule has 0 fully saturated rings. The molecule has 17 heavy (non-hydrogen) atoms. The summed E-state index contributed by atoms with van der Waals surface area (Å²) in [5.74, 6) is 0. The smallest absolute Gasteiger partial charge is 0.0621 e. The molecule has 1 aromatic carbocycles. The van der Waals surface area contributed by atoms with E-state index in [-0.39, 0.29) is 17.9 Å². The van der Waals surface area contributed by atoms with Crippen LogP contribution in [-0.4, -0.2) is 29.3 Å². The molecule has 4 N–H and O–H groups in total. The normalized spacial score (nSPS) is 14.4. The third-order valence-electron chi connectivity index (χ3n) is 2.84. The average molecular weight is 275 g/mol. The molecule has 1 aromatic rings. The number of nitrogen functional groups attached to an aromatic ring is 1. The molecular formula is C12H19ClN2OS. The van der Waals surface area contributed by atoms with Crippen molar-refractivity contribution in [3.63, 3.8) is 0 Å². The SMILES string of the molecule is CSC(CO)C(C)Nc1c(N)ccc(Cl)c1C. The van der Waals surface area contributed by atoms with E-state index in [1.807, 2.05) is 20.1 Å². The quantitative estimate of drug-likeness (QED) is 0.723. The summed E-state index contributed by atoms with van der Waals surface area (Å²) < 4.78 is 0. The molecule has 2 unspecified atom stereocenters. The highest BCUT2D eigenvalue weighted by atomic mass is 35.5. The van der Waals surface area contributed by atoms with Crippen molar-refractivity contribution in [2.45, 2.75) is 25.1 Å². The van der Waals surface area contributed by atoms with Gasteiger partial charge >= 0.3 is 0 Å². The maximum atomic E-state index is 9.25. The summed E-state index contributed by atoms with van der Waals surface area (Å²) in [6, 6.07) is 3.70. The van der Waals surface area contributed by atoms with Crippen LogP contribution in [0, 0.1) is 6.92 Å². The lowest BCUT2D eigenvalue weighted by Crippen LogP contribution is -2.31. The molecule has 0 aliphatic heterocycles. The standard InChI is InChI=1S/C12H19ClN2OS/c1-7-9(13)4-5-10(14)12(7)15-8(2)11(6-16)17-3/h4-5,8,11,15-16H,6,14H2,1-3H3. The van der Waals surface area contributed by atoms with Gasteiger partial charge in [0.05, 0.1) is 18.0 Å². The zero-order valence-corrected chi connectivity index (χ0v) is 11.9. The van der Waals surface area contributed by atoms with Gasteiger partial charge in [0, 0.05) is 16.3 Å². The van der Waals surface area contributed by atoms with Crippen molar-refractivity contribution in [1.82, 2.24) is 0 Å². The highest BCUT2D eigenvalue weighted by Gasteiger charge is 2.17. The molecule has 2 atom stereocenters. The fourth-order valence-corrected chi connectivity index (χ4v) is 2.44. The molecule has 5 heteroatoms. The van der Waals surface area contributed by atoms with Crippen LogP contribution in [0.5, 0.6) is 0 Å². The number of thioether (sulfide) groups is 1. The van der Waals surface area contributed by atoms with Crippen LogP contribution in [0.4, 0.5) is 11.4 Å². The van der Waals surface area contributed by atoms with Crippen molar-refractivity contribution < 1.29 is 5.11 Å². The molecular weight excluding hydrogens is 256 g/mol. The second-order valence-electron chi connectivity index (χ2n) is 4.03. The summed E-state index contributed by atoms with van der Waals surface area (Å²) in [7, 11) is 0.